The first-order chi connectivity index (χ1) is 5.73. The van der Waals surface area contributed by atoms with E-state index in [0.717, 1.165) is 13.1 Å². The molecule has 5 nitrogen and oxygen atoms in total. The second-order valence-corrected chi connectivity index (χ2v) is 3.24. The van der Waals surface area contributed by atoms with Crippen molar-refractivity contribution in [3.63, 3.8) is 0 Å². The highest BCUT2D eigenvalue weighted by molar-refractivity contribution is 6.07. The number of carbonyl (C=O) groups is 2. The van der Waals surface area contributed by atoms with Gasteiger partial charge in [0.05, 0.1) is 0 Å². The number of rotatable bonds is 0. The van der Waals surface area contributed by atoms with Crippen molar-refractivity contribution in [1.29, 1.82) is 0 Å². The molecule has 0 bridgehead atoms. The van der Waals surface area contributed by atoms with E-state index in [1.165, 1.54) is 0 Å². The van der Waals surface area contributed by atoms with Crippen LogP contribution in [0.15, 0.2) is 0 Å². The van der Waals surface area contributed by atoms with Crippen molar-refractivity contribution in [2.24, 2.45) is 0 Å². The molecule has 0 aliphatic carbocycles. The van der Waals surface area contributed by atoms with Crippen molar-refractivity contribution in [2.45, 2.75) is 18.4 Å². The molecule has 3 N–H and O–H groups in total. The Morgan fingerprint density at radius 2 is 1.64 bits per heavy atom. The zero-order valence-corrected chi connectivity index (χ0v) is 9.09. The maximum atomic E-state index is 11.3. The van der Waals surface area contributed by atoms with E-state index in [4.69, 9.17) is 0 Å². The fraction of sp³-hybridized carbons (Fsp3) is 0.714. The Hall–Kier alpha value is -0.520. The van der Waals surface area contributed by atoms with Crippen molar-refractivity contribution in [2.75, 3.05) is 13.1 Å². The first kappa shape index (κ1) is 13.5. The lowest BCUT2D eigenvalue weighted by Crippen LogP contribution is -2.53. The zero-order chi connectivity index (χ0) is 8.60. The average Bonchev–Trinajstić information content (AvgIpc) is 2.29. The maximum Gasteiger partial charge on any atom is 0.322 e. The Labute approximate surface area is 94.2 Å². The van der Waals surface area contributed by atoms with Gasteiger partial charge in [-0.15, -0.1) is 24.8 Å². The minimum absolute atomic E-state index is 0. The molecule has 2 fully saturated rings. The maximum absolute atomic E-state index is 11.3. The van der Waals surface area contributed by atoms with Gasteiger partial charge in [-0.25, -0.2) is 4.79 Å². The van der Waals surface area contributed by atoms with Gasteiger partial charge in [-0.3, -0.25) is 10.1 Å². The molecule has 2 aliphatic heterocycles. The summed E-state index contributed by atoms with van der Waals surface area (Å²) in [7, 11) is 0. The van der Waals surface area contributed by atoms with Crippen LogP contribution in [0, 0.1) is 0 Å². The van der Waals surface area contributed by atoms with Crippen LogP contribution in [0.4, 0.5) is 4.79 Å². The van der Waals surface area contributed by atoms with Gasteiger partial charge in [-0.2, -0.15) is 0 Å². The summed E-state index contributed by atoms with van der Waals surface area (Å²) in [5.74, 6) is -0.172. The Balaban J connectivity index is 0.000000845. The van der Waals surface area contributed by atoms with E-state index in [1.807, 2.05) is 0 Å². The Bertz CT molecular complexity index is 241. The Kier molecular flexibility index (Phi) is 4.64. The number of urea groups is 1. The van der Waals surface area contributed by atoms with Crippen LogP contribution < -0.4 is 16.0 Å². The van der Waals surface area contributed by atoms with Crippen LogP contribution in [-0.4, -0.2) is 30.6 Å². The van der Waals surface area contributed by atoms with E-state index in [-0.39, 0.29) is 36.8 Å². The molecule has 0 aromatic heterocycles. The fourth-order valence-electron chi connectivity index (χ4n) is 1.73. The quantitative estimate of drug-likeness (QED) is 0.515. The number of nitrogens with one attached hydrogen (secondary N) is 3. The SMILES string of the molecule is Cl.Cl.O=C1NC(=O)C2(CCNCC2)N1. The van der Waals surface area contributed by atoms with E-state index in [2.05, 4.69) is 16.0 Å². The number of halogens is 2. The second-order valence-electron chi connectivity index (χ2n) is 3.24. The van der Waals surface area contributed by atoms with Crippen molar-refractivity contribution >= 4 is 36.8 Å². The topological polar surface area (TPSA) is 70.2 Å². The summed E-state index contributed by atoms with van der Waals surface area (Å²) in [6.45, 7) is 1.57. The molecular formula is C7H13Cl2N3O2. The van der Waals surface area contributed by atoms with Crippen LogP contribution in [0.1, 0.15) is 12.8 Å². The van der Waals surface area contributed by atoms with E-state index < -0.39 is 5.54 Å². The van der Waals surface area contributed by atoms with Crippen LogP contribution in [0.5, 0.6) is 0 Å². The molecule has 1 spiro atoms. The average molecular weight is 242 g/mol. The molecule has 0 aromatic rings. The third-order valence-electron chi connectivity index (χ3n) is 2.47. The summed E-state index contributed by atoms with van der Waals surface area (Å²) in [5, 5.41) is 8.08. The van der Waals surface area contributed by atoms with Crippen LogP contribution in [0.25, 0.3) is 0 Å². The highest BCUT2D eigenvalue weighted by Crippen LogP contribution is 2.21. The molecule has 0 atom stereocenters. The molecule has 0 saturated carbocycles. The number of hydrogen-bond donors (Lipinski definition) is 3. The number of amides is 3. The van der Waals surface area contributed by atoms with Gasteiger partial charge >= 0.3 is 6.03 Å². The third-order valence-corrected chi connectivity index (χ3v) is 2.47. The van der Waals surface area contributed by atoms with Gasteiger partial charge < -0.3 is 10.6 Å². The molecule has 0 aromatic carbocycles. The zero-order valence-electron chi connectivity index (χ0n) is 7.46. The standard InChI is InChI=1S/C7H11N3O2.2ClH/c11-5-7(10-6(12)9-5)1-3-8-4-2-7;;/h8H,1-4H2,(H2,9,10,11,12);2*1H. The third kappa shape index (κ3) is 2.10. The minimum Gasteiger partial charge on any atom is -0.323 e. The van der Waals surface area contributed by atoms with Crippen molar-refractivity contribution in [3.8, 4) is 0 Å². The van der Waals surface area contributed by atoms with E-state index in [0.29, 0.717) is 12.8 Å². The fourth-order valence-corrected chi connectivity index (χ4v) is 1.73. The first-order valence-electron chi connectivity index (χ1n) is 4.07. The Morgan fingerprint density at radius 1 is 1.07 bits per heavy atom. The van der Waals surface area contributed by atoms with Gasteiger partial charge in [-0.1, -0.05) is 0 Å². The van der Waals surface area contributed by atoms with Crippen molar-refractivity contribution < 1.29 is 9.59 Å². The van der Waals surface area contributed by atoms with Crippen LogP contribution >= 0.6 is 24.8 Å². The van der Waals surface area contributed by atoms with Gasteiger partial charge in [0, 0.05) is 0 Å². The molecule has 2 aliphatic rings. The van der Waals surface area contributed by atoms with Gasteiger partial charge in [0.25, 0.3) is 5.91 Å². The second kappa shape index (κ2) is 4.82. The predicted octanol–water partition coefficient (Wildman–Crippen LogP) is -0.208. The lowest BCUT2D eigenvalue weighted by Gasteiger charge is -2.30. The van der Waals surface area contributed by atoms with Gasteiger partial charge in [0.2, 0.25) is 0 Å². The van der Waals surface area contributed by atoms with Crippen molar-refractivity contribution in [1.82, 2.24) is 16.0 Å². The lowest BCUT2D eigenvalue weighted by molar-refractivity contribution is -0.124. The largest absolute Gasteiger partial charge is 0.323 e. The van der Waals surface area contributed by atoms with E-state index in [1.54, 1.807) is 0 Å². The number of hydrogen-bond acceptors (Lipinski definition) is 3. The molecular weight excluding hydrogens is 229 g/mol. The molecule has 7 heteroatoms. The number of piperidine rings is 1. The molecule has 2 rings (SSSR count). The van der Waals surface area contributed by atoms with Gasteiger partial charge in [-0.05, 0) is 25.9 Å². The van der Waals surface area contributed by atoms with Gasteiger partial charge in [0.1, 0.15) is 5.54 Å². The highest BCUT2D eigenvalue weighted by Gasteiger charge is 2.46. The highest BCUT2D eigenvalue weighted by atomic mass is 35.5. The van der Waals surface area contributed by atoms with Crippen LogP contribution in [0.3, 0.4) is 0 Å². The lowest BCUT2D eigenvalue weighted by atomic mass is 9.89. The molecule has 14 heavy (non-hydrogen) atoms. The summed E-state index contributed by atoms with van der Waals surface area (Å²) in [5.41, 5.74) is -0.609. The van der Waals surface area contributed by atoms with E-state index in [9.17, 15) is 9.59 Å². The smallest absolute Gasteiger partial charge is 0.322 e. The molecule has 3 amide bonds. The summed E-state index contributed by atoms with van der Waals surface area (Å²) < 4.78 is 0. The predicted molar refractivity (Wildman–Crippen MR) is 56.0 cm³/mol. The molecule has 2 saturated heterocycles. The number of carbonyl (C=O) groups excluding carboxylic acids is 2. The Morgan fingerprint density at radius 3 is 2.07 bits per heavy atom. The summed E-state index contributed by atoms with van der Waals surface area (Å²) in [6, 6.07) is -0.359. The monoisotopic (exact) mass is 241 g/mol. The summed E-state index contributed by atoms with van der Waals surface area (Å²) in [6.07, 6.45) is 1.37. The molecule has 0 radical (unpaired) electrons. The molecule has 82 valence electrons. The first-order valence-corrected chi connectivity index (χ1v) is 4.07. The van der Waals surface area contributed by atoms with Crippen molar-refractivity contribution in [3.05, 3.63) is 0 Å². The molecule has 0 unspecified atom stereocenters. The van der Waals surface area contributed by atoms with Crippen LogP contribution in [0.2, 0.25) is 0 Å². The summed E-state index contributed by atoms with van der Waals surface area (Å²) >= 11 is 0. The molecule has 2 heterocycles. The summed E-state index contributed by atoms with van der Waals surface area (Å²) in [4.78, 5) is 22.2. The number of imide groups is 1. The van der Waals surface area contributed by atoms with E-state index >= 15 is 0 Å². The normalized spacial score (nSPS) is 23.1. The van der Waals surface area contributed by atoms with Crippen LogP contribution in [-0.2, 0) is 4.79 Å². The van der Waals surface area contributed by atoms with Gasteiger partial charge in [0.15, 0.2) is 0 Å². The minimum atomic E-state index is -0.609.